The summed E-state index contributed by atoms with van der Waals surface area (Å²) in [6.07, 6.45) is 3.00. The van der Waals surface area contributed by atoms with Crippen molar-refractivity contribution in [1.29, 1.82) is 0 Å². The largest absolute Gasteiger partial charge is 0.365 e. The number of aryl methyl sites for hydroxylation is 2. The molecule has 0 spiro atoms. The van der Waals surface area contributed by atoms with E-state index in [0.717, 1.165) is 18.8 Å². The van der Waals surface area contributed by atoms with Crippen molar-refractivity contribution in [3.05, 3.63) is 45.8 Å². The molecule has 0 amide bonds. The molecule has 0 atom stereocenters. The maximum atomic E-state index is 4.31. The van der Waals surface area contributed by atoms with Gasteiger partial charge in [0.2, 0.25) is 0 Å². The number of aromatic nitrogens is 1. The summed E-state index contributed by atoms with van der Waals surface area (Å²) in [6.45, 7) is 5.09. The van der Waals surface area contributed by atoms with Crippen molar-refractivity contribution in [3.63, 3.8) is 0 Å². The highest BCUT2D eigenvalue weighted by molar-refractivity contribution is 7.12. The van der Waals surface area contributed by atoms with E-state index in [-0.39, 0.29) is 0 Å². The van der Waals surface area contributed by atoms with Gasteiger partial charge in [-0.25, -0.2) is 4.98 Å². The maximum Gasteiger partial charge on any atom is 0.126 e. The van der Waals surface area contributed by atoms with Crippen molar-refractivity contribution in [1.82, 2.24) is 4.98 Å². The van der Waals surface area contributed by atoms with Gasteiger partial charge in [0, 0.05) is 16.0 Å². The maximum absolute atomic E-state index is 4.31. The number of nitrogens with zero attached hydrogens (tertiary/aromatic N) is 1. The summed E-state index contributed by atoms with van der Waals surface area (Å²) < 4.78 is 0. The third-order valence-electron chi connectivity index (χ3n) is 2.42. The van der Waals surface area contributed by atoms with Gasteiger partial charge in [-0.1, -0.05) is 13.0 Å². The van der Waals surface area contributed by atoms with Gasteiger partial charge in [0.05, 0.1) is 6.54 Å². The summed E-state index contributed by atoms with van der Waals surface area (Å²) in [4.78, 5) is 7.11. The summed E-state index contributed by atoms with van der Waals surface area (Å²) in [7, 11) is 0. The molecule has 0 aliphatic rings. The fraction of sp³-hybridized carbons (Fsp3) is 0.308. The first-order valence-electron chi connectivity index (χ1n) is 5.52. The summed E-state index contributed by atoms with van der Waals surface area (Å²) in [6, 6.07) is 8.47. The predicted molar refractivity (Wildman–Crippen MR) is 70.0 cm³/mol. The topological polar surface area (TPSA) is 24.9 Å². The van der Waals surface area contributed by atoms with Gasteiger partial charge < -0.3 is 5.32 Å². The van der Waals surface area contributed by atoms with E-state index in [4.69, 9.17) is 0 Å². The Morgan fingerprint density at radius 3 is 2.62 bits per heavy atom. The average molecular weight is 232 g/mol. The lowest BCUT2D eigenvalue weighted by Gasteiger charge is -2.03. The fourth-order valence-electron chi connectivity index (χ4n) is 1.46. The Morgan fingerprint density at radius 1 is 1.19 bits per heavy atom. The van der Waals surface area contributed by atoms with E-state index in [0.29, 0.717) is 0 Å². The summed E-state index contributed by atoms with van der Waals surface area (Å²) in [5.41, 5.74) is 1.19. The van der Waals surface area contributed by atoms with Crippen molar-refractivity contribution in [2.24, 2.45) is 0 Å². The van der Waals surface area contributed by atoms with E-state index in [1.165, 1.54) is 15.3 Å². The Morgan fingerprint density at radius 2 is 2.00 bits per heavy atom. The highest BCUT2D eigenvalue weighted by Crippen LogP contribution is 2.17. The quantitative estimate of drug-likeness (QED) is 0.870. The van der Waals surface area contributed by atoms with Crippen LogP contribution >= 0.6 is 11.3 Å². The lowest BCUT2D eigenvalue weighted by molar-refractivity contribution is 1.13. The smallest absolute Gasteiger partial charge is 0.126 e. The van der Waals surface area contributed by atoms with Crippen LogP contribution in [0.3, 0.4) is 0 Å². The van der Waals surface area contributed by atoms with Gasteiger partial charge in [-0.3, -0.25) is 0 Å². The minimum atomic E-state index is 0.862. The van der Waals surface area contributed by atoms with Gasteiger partial charge in [-0.05, 0) is 37.1 Å². The molecular weight excluding hydrogens is 216 g/mol. The lowest BCUT2D eigenvalue weighted by atomic mass is 10.3. The molecule has 2 nitrogen and oxygen atoms in total. The molecule has 2 aromatic heterocycles. The number of hydrogen-bond acceptors (Lipinski definition) is 3. The van der Waals surface area contributed by atoms with Crippen molar-refractivity contribution in [2.45, 2.75) is 26.8 Å². The molecule has 2 rings (SSSR count). The SMILES string of the molecule is CCc1ccc(CNc2ccc(C)cn2)s1. The van der Waals surface area contributed by atoms with Crippen LogP contribution in [0.2, 0.25) is 0 Å². The molecule has 0 aromatic carbocycles. The molecular formula is C13H16N2S. The Labute approximate surface area is 100 Å². The highest BCUT2D eigenvalue weighted by atomic mass is 32.1. The van der Waals surface area contributed by atoms with Crippen LogP contribution in [0.4, 0.5) is 5.82 Å². The lowest BCUT2D eigenvalue weighted by Crippen LogP contribution is -1.99. The first-order valence-corrected chi connectivity index (χ1v) is 6.33. The number of thiophene rings is 1. The molecule has 0 bridgehead atoms. The molecule has 0 unspecified atom stereocenters. The van der Waals surface area contributed by atoms with Gasteiger partial charge >= 0.3 is 0 Å². The molecule has 3 heteroatoms. The van der Waals surface area contributed by atoms with Gasteiger partial charge in [-0.15, -0.1) is 11.3 Å². The van der Waals surface area contributed by atoms with E-state index in [1.54, 1.807) is 0 Å². The van der Waals surface area contributed by atoms with Crippen LogP contribution in [0.5, 0.6) is 0 Å². The van der Waals surface area contributed by atoms with E-state index < -0.39 is 0 Å². The molecule has 1 N–H and O–H groups in total. The van der Waals surface area contributed by atoms with Crippen molar-refractivity contribution >= 4 is 17.2 Å². The van der Waals surface area contributed by atoms with Crippen molar-refractivity contribution in [3.8, 4) is 0 Å². The second-order valence-electron chi connectivity index (χ2n) is 3.80. The molecule has 2 aromatic rings. The highest BCUT2D eigenvalue weighted by Gasteiger charge is 1.99. The van der Waals surface area contributed by atoms with Crippen LogP contribution in [0, 0.1) is 6.92 Å². The number of nitrogens with one attached hydrogen (secondary N) is 1. The molecule has 0 fully saturated rings. The number of hydrogen-bond donors (Lipinski definition) is 1. The molecule has 16 heavy (non-hydrogen) atoms. The van der Waals surface area contributed by atoms with Crippen LogP contribution < -0.4 is 5.32 Å². The van der Waals surface area contributed by atoms with Crippen molar-refractivity contribution < 1.29 is 0 Å². The number of rotatable bonds is 4. The summed E-state index contributed by atoms with van der Waals surface area (Å²) >= 11 is 1.86. The van der Waals surface area contributed by atoms with Gasteiger partial charge in [0.15, 0.2) is 0 Å². The zero-order chi connectivity index (χ0) is 11.4. The zero-order valence-corrected chi connectivity index (χ0v) is 10.5. The molecule has 0 saturated carbocycles. The Kier molecular flexibility index (Phi) is 3.57. The number of pyridine rings is 1. The van der Waals surface area contributed by atoms with Gasteiger partial charge in [0.25, 0.3) is 0 Å². The first kappa shape index (κ1) is 11.1. The Bertz CT molecular complexity index is 445. The predicted octanol–water partition coefficient (Wildman–Crippen LogP) is 3.63. The van der Waals surface area contributed by atoms with E-state index in [1.807, 2.05) is 30.5 Å². The molecule has 84 valence electrons. The minimum absolute atomic E-state index is 0.862. The molecule has 0 saturated heterocycles. The summed E-state index contributed by atoms with van der Waals surface area (Å²) in [5, 5.41) is 3.32. The molecule has 0 aliphatic heterocycles. The average Bonchev–Trinajstić information content (AvgIpc) is 2.76. The zero-order valence-electron chi connectivity index (χ0n) is 9.66. The standard InChI is InChI=1S/C13H16N2S/c1-3-11-5-6-12(16-11)9-15-13-7-4-10(2)8-14-13/h4-8H,3,9H2,1-2H3,(H,14,15). The summed E-state index contributed by atoms with van der Waals surface area (Å²) in [5.74, 6) is 0.942. The number of anilines is 1. The van der Waals surface area contributed by atoms with Crippen LogP contribution in [-0.2, 0) is 13.0 Å². The van der Waals surface area contributed by atoms with Crippen LogP contribution in [0.1, 0.15) is 22.2 Å². The molecule has 0 radical (unpaired) electrons. The van der Waals surface area contributed by atoms with Gasteiger partial charge in [0.1, 0.15) is 5.82 Å². The fourth-order valence-corrected chi connectivity index (χ4v) is 2.36. The third-order valence-corrected chi connectivity index (χ3v) is 3.65. The third kappa shape index (κ3) is 2.83. The normalized spacial score (nSPS) is 10.4. The van der Waals surface area contributed by atoms with E-state index in [9.17, 15) is 0 Å². The van der Waals surface area contributed by atoms with Crippen molar-refractivity contribution in [2.75, 3.05) is 5.32 Å². The second-order valence-corrected chi connectivity index (χ2v) is 5.05. The van der Waals surface area contributed by atoms with E-state index >= 15 is 0 Å². The van der Waals surface area contributed by atoms with Crippen LogP contribution in [0.25, 0.3) is 0 Å². The van der Waals surface area contributed by atoms with Crippen LogP contribution in [0.15, 0.2) is 30.5 Å². The Balaban J connectivity index is 1.94. The van der Waals surface area contributed by atoms with Crippen LogP contribution in [-0.4, -0.2) is 4.98 Å². The molecule has 0 aliphatic carbocycles. The molecule has 2 heterocycles. The van der Waals surface area contributed by atoms with Gasteiger partial charge in [-0.2, -0.15) is 0 Å². The first-order chi connectivity index (χ1) is 7.78. The minimum Gasteiger partial charge on any atom is -0.365 e. The van der Waals surface area contributed by atoms with E-state index in [2.05, 4.69) is 35.4 Å². The monoisotopic (exact) mass is 232 g/mol. The Hall–Kier alpha value is -1.35. The second kappa shape index (κ2) is 5.12.